The molecule has 0 aliphatic heterocycles. The molecular weight excluding hydrogens is 484 g/mol. The van der Waals surface area contributed by atoms with Gasteiger partial charge in [0.15, 0.2) is 0 Å². The summed E-state index contributed by atoms with van der Waals surface area (Å²) in [6.07, 6.45) is -0.109. The zero-order chi connectivity index (χ0) is 28.1. The van der Waals surface area contributed by atoms with Crippen LogP contribution in [0.15, 0.2) is 48.5 Å². The molecule has 9 heteroatoms. The summed E-state index contributed by atoms with van der Waals surface area (Å²) >= 11 is 0. The monoisotopic (exact) mass is 528 g/mol. The molecule has 2 aromatic rings. The second-order valence-corrected chi connectivity index (χ2v) is 9.93. The van der Waals surface area contributed by atoms with Crippen LogP contribution in [0.5, 0.6) is 0 Å². The van der Waals surface area contributed by atoms with E-state index in [4.69, 9.17) is 14.2 Å². The molecule has 0 saturated heterocycles. The maximum absolute atomic E-state index is 12.4. The lowest BCUT2D eigenvalue weighted by Gasteiger charge is -2.18. The molecule has 2 amide bonds. The number of carbonyl (C=O) groups excluding carboxylic acids is 2. The maximum Gasteiger partial charge on any atom is 0.251 e. The van der Waals surface area contributed by atoms with Crippen molar-refractivity contribution in [2.75, 3.05) is 71.0 Å². The number of benzene rings is 2. The SMILES string of the molecule is CC(COCCOC(C)COCC(C)NC(=O)c1ccc(N(C)C)cc1)NC(=O)c1ccc(N(C)C)cc1. The van der Waals surface area contributed by atoms with Crippen molar-refractivity contribution < 1.29 is 23.8 Å². The molecule has 0 radical (unpaired) electrons. The summed E-state index contributed by atoms with van der Waals surface area (Å²) < 4.78 is 17.1. The third kappa shape index (κ3) is 11.1. The van der Waals surface area contributed by atoms with E-state index in [1.807, 2.05) is 107 Å². The van der Waals surface area contributed by atoms with E-state index in [9.17, 15) is 9.59 Å². The van der Waals surface area contributed by atoms with Crippen LogP contribution in [0.4, 0.5) is 11.4 Å². The molecule has 0 aliphatic rings. The highest BCUT2D eigenvalue weighted by atomic mass is 16.5. The van der Waals surface area contributed by atoms with Gasteiger partial charge in [-0.1, -0.05) is 0 Å². The third-order valence-electron chi connectivity index (χ3n) is 5.77. The second kappa shape index (κ2) is 16.0. The van der Waals surface area contributed by atoms with Crippen LogP contribution >= 0.6 is 0 Å². The topological polar surface area (TPSA) is 92.4 Å². The van der Waals surface area contributed by atoms with E-state index in [1.165, 1.54) is 0 Å². The van der Waals surface area contributed by atoms with Crippen molar-refractivity contribution in [2.24, 2.45) is 0 Å². The molecule has 0 aliphatic carbocycles. The Morgan fingerprint density at radius 2 is 1.08 bits per heavy atom. The molecule has 2 aromatic carbocycles. The van der Waals surface area contributed by atoms with Gasteiger partial charge in [0.05, 0.1) is 39.1 Å². The number of nitrogens with zero attached hydrogens (tertiary/aromatic N) is 2. The van der Waals surface area contributed by atoms with Gasteiger partial charge in [0, 0.05) is 62.8 Å². The number of hydrogen-bond donors (Lipinski definition) is 2. The van der Waals surface area contributed by atoms with Gasteiger partial charge in [-0.3, -0.25) is 9.59 Å². The Labute approximate surface area is 227 Å². The van der Waals surface area contributed by atoms with Crippen LogP contribution in [-0.2, 0) is 14.2 Å². The minimum Gasteiger partial charge on any atom is -0.378 e. The first-order valence-electron chi connectivity index (χ1n) is 13.0. The molecule has 0 fully saturated rings. The van der Waals surface area contributed by atoms with Crippen LogP contribution in [0.25, 0.3) is 0 Å². The van der Waals surface area contributed by atoms with Crippen molar-refractivity contribution in [1.82, 2.24) is 10.6 Å². The van der Waals surface area contributed by atoms with E-state index in [2.05, 4.69) is 10.6 Å². The first kappa shape index (κ1) is 31.1. The molecule has 38 heavy (non-hydrogen) atoms. The summed E-state index contributed by atoms with van der Waals surface area (Å²) in [5.41, 5.74) is 3.32. The third-order valence-corrected chi connectivity index (χ3v) is 5.77. The molecule has 9 nitrogen and oxygen atoms in total. The number of amides is 2. The fraction of sp³-hybridized carbons (Fsp3) is 0.517. The zero-order valence-electron chi connectivity index (χ0n) is 23.8. The molecule has 210 valence electrons. The quantitative estimate of drug-likeness (QED) is 0.323. The minimum atomic E-state index is -0.130. The van der Waals surface area contributed by atoms with E-state index in [1.54, 1.807) is 0 Å². The summed E-state index contributed by atoms with van der Waals surface area (Å²) in [5.74, 6) is -0.249. The van der Waals surface area contributed by atoms with Crippen LogP contribution in [0.2, 0.25) is 0 Å². The van der Waals surface area contributed by atoms with Crippen LogP contribution in [0, 0.1) is 0 Å². The predicted octanol–water partition coefficient (Wildman–Crippen LogP) is 3.19. The Bertz CT molecular complexity index is 979. The Hall–Kier alpha value is -3.14. The fourth-order valence-corrected chi connectivity index (χ4v) is 3.55. The van der Waals surface area contributed by atoms with Crippen molar-refractivity contribution in [3.8, 4) is 0 Å². The molecule has 3 unspecified atom stereocenters. The van der Waals surface area contributed by atoms with Crippen LogP contribution in [0.3, 0.4) is 0 Å². The van der Waals surface area contributed by atoms with Gasteiger partial charge in [-0.05, 0) is 69.3 Å². The fourth-order valence-electron chi connectivity index (χ4n) is 3.55. The first-order valence-corrected chi connectivity index (χ1v) is 13.0. The predicted molar refractivity (Wildman–Crippen MR) is 152 cm³/mol. The number of anilines is 2. The van der Waals surface area contributed by atoms with Gasteiger partial charge in [0.1, 0.15) is 0 Å². The number of hydrogen-bond acceptors (Lipinski definition) is 7. The molecule has 3 atom stereocenters. The highest BCUT2D eigenvalue weighted by Gasteiger charge is 2.12. The molecule has 2 N–H and O–H groups in total. The lowest BCUT2D eigenvalue weighted by atomic mass is 10.2. The summed E-state index contributed by atoms with van der Waals surface area (Å²) in [6, 6.07) is 14.7. The molecule has 0 aromatic heterocycles. The van der Waals surface area contributed by atoms with E-state index in [0.717, 1.165) is 11.4 Å². The number of ether oxygens (including phenoxy) is 3. The maximum atomic E-state index is 12.4. The van der Waals surface area contributed by atoms with Crippen molar-refractivity contribution in [3.05, 3.63) is 59.7 Å². The normalized spacial score (nSPS) is 13.3. The van der Waals surface area contributed by atoms with Gasteiger partial charge in [0.25, 0.3) is 11.8 Å². The van der Waals surface area contributed by atoms with Crippen molar-refractivity contribution >= 4 is 23.2 Å². The Balaban J connectivity index is 1.54. The van der Waals surface area contributed by atoms with Gasteiger partial charge in [0.2, 0.25) is 0 Å². The number of nitrogens with one attached hydrogen (secondary N) is 2. The van der Waals surface area contributed by atoms with Crippen LogP contribution in [-0.4, -0.2) is 91.2 Å². The summed E-state index contributed by atoms with van der Waals surface area (Å²) in [7, 11) is 7.84. The first-order chi connectivity index (χ1) is 18.1. The zero-order valence-corrected chi connectivity index (χ0v) is 23.8. The van der Waals surface area contributed by atoms with E-state index in [-0.39, 0.29) is 30.0 Å². The molecule has 2 rings (SSSR count). The minimum absolute atomic E-state index is 0.109. The number of carbonyl (C=O) groups is 2. The Morgan fingerprint density at radius 3 is 1.50 bits per heavy atom. The summed E-state index contributed by atoms with van der Waals surface area (Å²) in [6.45, 7) is 7.78. The highest BCUT2D eigenvalue weighted by Crippen LogP contribution is 2.13. The molecule has 0 saturated carbocycles. The van der Waals surface area contributed by atoms with Crippen LogP contribution in [0.1, 0.15) is 41.5 Å². The Morgan fingerprint density at radius 1 is 0.658 bits per heavy atom. The van der Waals surface area contributed by atoms with Crippen LogP contribution < -0.4 is 20.4 Å². The van der Waals surface area contributed by atoms with Crippen molar-refractivity contribution in [1.29, 1.82) is 0 Å². The largest absolute Gasteiger partial charge is 0.378 e. The highest BCUT2D eigenvalue weighted by molar-refractivity contribution is 5.95. The van der Waals surface area contributed by atoms with Gasteiger partial charge < -0.3 is 34.6 Å². The van der Waals surface area contributed by atoms with Gasteiger partial charge >= 0.3 is 0 Å². The van der Waals surface area contributed by atoms with E-state index >= 15 is 0 Å². The smallest absolute Gasteiger partial charge is 0.251 e. The van der Waals surface area contributed by atoms with Crippen molar-refractivity contribution in [3.63, 3.8) is 0 Å². The summed E-state index contributed by atoms with van der Waals surface area (Å²) in [5, 5.41) is 5.89. The Kier molecular flexibility index (Phi) is 13.1. The van der Waals surface area contributed by atoms with E-state index in [0.29, 0.717) is 44.2 Å². The van der Waals surface area contributed by atoms with E-state index < -0.39 is 0 Å². The lowest BCUT2D eigenvalue weighted by molar-refractivity contribution is -0.0334. The van der Waals surface area contributed by atoms with Gasteiger partial charge in [-0.2, -0.15) is 0 Å². The standard InChI is InChI=1S/C29H44N4O5/c1-21(30-28(34)24-8-12-26(13-9-24)32(4)5)18-36-16-17-38-23(3)20-37-19-22(2)31-29(35)25-10-14-27(15-11-25)33(6)7/h8-15,21-23H,16-20H2,1-7H3,(H,30,34)(H,31,35). The lowest BCUT2D eigenvalue weighted by Crippen LogP contribution is -2.37. The molecular formula is C29H44N4O5. The second-order valence-electron chi connectivity index (χ2n) is 9.93. The summed E-state index contributed by atoms with van der Waals surface area (Å²) in [4.78, 5) is 28.8. The number of rotatable bonds is 16. The van der Waals surface area contributed by atoms with Crippen molar-refractivity contribution in [2.45, 2.75) is 39.0 Å². The average Bonchev–Trinajstić information content (AvgIpc) is 2.88. The van der Waals surface area contributed by atoms with Gasteiger partial charge in [-0.15, -0.1) is 0 Å². The molecule has 0 bridgehead atoms. The molecule has 0 spiro atoms. The molecule has 0 heterocycles. The average molecular weight is 529 g/mol. The van der Waals surface area contributed by atoms with Gasteiger partial charge in [-0.25, -0.2) is 0 Å².